The number of ketones is 1. The normalized spacial score (nSPS) is 10.8. The highest BCUT2D eigenvalue weighted by Gasteiger charge is 2.16. The van der Waals surface area contributed by atoms with Gasteiger partial charge in [0.15, 0.2) is 5.78 Å². The van der Waals surface area contributed by atoms with Crippen LogP contribution in [0.5, 0.6) is 17.4 Å². The number of methoxy groups -OCH3 is 1. The number of carbonyl (C=O) groups excluding carboxylic acids is 1. The molecule has 0 aliphatic rings. The highest BCUT2D eigenvalue weighted by Crippen LogP contribution is 2.25. The van der Waals surface area contributed by atoms with Crippen LogP contribution in [-0.4, -0.2) is 32.2 Å². The summed E-state index contributed by atoms with van der Waals surface area (Å²) in [6.45, 7) is 0. The van der Waals surface area contributed by atoms with Crippen LogP contribution in [0, 0.1) is 5.82 Å². The van der Waals surface area contributed by atoms with Gasteiger partial charge in [-0.2, -0.15) is 0 Å². The summed E-state index contributed by atoms with van der Waals surface area (Å²) in [5.41, 5.74) is 1.45. The van der Waals surface area contributed by atoms with E-state index >= 15 is 0 Å². The highest BCUT2D eigenvalue weighted by molar-refractivity contribution is 6.02. The molecule has 4 aromatic rings. The maximum atomic E-state index is 13.4. The lowest BCUT2D eigenvalue weighted by molar-refractivity contribution is 0.0992. The Bertz CT molecular complexity index is 1160. The van der Waals surface area contributed by atoms with Crippen LogP contribution in [0.4, 0.5) is 4.39 Å². The van der Waals surface area contributed by atoms with Gasteiger partial charge in [-0.05, 0) is 12.1 Å². The molecule has 0 aliphatic heterocycles. The zero-order chi connectivity index (χ0) is 19.5. The third-order valence-corrected chi connectivity index (χ3v) is 4.01. The monoisotopic (exact) mass is 378 g/mol. The second-order valence-electron chi connectivity index (χ2n) is 5.96. The van der Waals surface area contributed by atoms with Crippen LogP contribution >= 0.6 is 0 Å². The molecule has 0 aromatic carbocycles. The van der Waals surface area contributed by atoms with Gasteiger partial charge in [0.1, 0.15) is 23.0 Å². The molecule has 0 amide bonds. The van der Waals surface area contributed by atoms with Crippen molar-refractivity contribution in [3.63, 3.8) is 0 Å². The van der Waals surface area contributed by atoms with E-state index in [4.69, 9.17) is 9.47 Å². The molecule has 0 bridgehead atoms. The summed E-state index contributed by atoms with van der Waals surface area (Å²) >= 11 is 0. The van der Waals surface area contributed by atoms with Gasteiger partial charge in [-0.15, -0.1) is 0 Å². The average Bonchev–Trinajstić information content (AvgIpc) is 3.16. The van der Waals surface area contributed by atoms with E-state index in [0.717, 1.165) is 6.20 Å². The zero-order valence-electron chi connectivity index (χ0n) is 14.9. The Hall–Kier alpha value is -3.81. The quantitative estimate of drug-likeness (QED) is 0.478. The number of rotatable bonds is 6. The lowest BCUT2D eigenvalue weighted by atomic mass is 10.1. The van der Waals surface area contributed by atoms with E-state index in [2.05, 4.69) is 15.0 Å². The summed E-state index contributed by atoms with van der Waals surface area (Å²) in [4.78, 5) is 25.2. The van der Waals surface area contributed by atoms with Crippen molar-refractivity contribution in [1.29, 1.82) is 0 Å². The number of Topliss-reactive ketones (excluding diaryl/α,β-unsaturated/α-hetero) is 1. The van der Waals surface area contributed by atoms with Gasteiger partial charge in [0.25, 0.3) is 0 Å². The molecule has 0 spiro atoms. The molecular formula is C20H15FN4O3. The van der Waals surface area contributed by atoms with Crippen molar-refractivity contribution in [1.82, 2.24) is 19.4 Å². The fraction of sp³-hybridized carbons (Fsp3) is 0.100. The summed E-state index contributed by atoms with van der Waals surface area (Å²) in [5, 5.41) is 0. The summed E-state index contributed by atoms with van der Waals surface area (Å²) < 4.78 is 25.8. The summed E-state index contributed by atoms with van der Waals surface area (Å²) in [6.07, 6.45) is 7.50. The van der Waals surface area contributed by atoms with Crippen molar-refractivity contribution >= 4 is 11.4 Å². The predicted octanol–water partition coefficient (Wildman–Crippen LogP) is 3.49. The van der Waals surface area contributed by atoms with Gasteiger partial charge in [-0.1, -0.05) is 6.07 Å². The van der Waals surface area contributed by atoms with Crippen LogP contribution < -0.4 is 9.47 Å². The predicted molar refractivity (Wildman–Crippen MR) is 98.3 cm³/mol. The van der Waals surface area contributed by atoms with Crippen LogP contribution in [-0.2, 0) is 6.42 Å². The molecular weight excluding hydrogens is 363 g/mol. The summed E-state index contributed by atoms with van der Waals surface area (Å²) in [5.74, 6) is 0.334. The van der Waals surface area contributed by atoms with Gasteiger partial charge < -0.3 is 13.9 Å². The number of imidazole rings is 1. The third kappa shape index (κ3) is 3.66. The Morgan fingerprint density at radius 3 is 2.93 bits per heavy atom. The number of ether oxygens (including phenoxy) is 2. The first-order valence-corrected chi connectivity index (χ1v) is 8.40. The molecule has 0 saturated heterocycles. The van der Waals surface area contributed by atoms with Crippen LogP contribution in [0.25, 0.3) is 5.65 Å². The number of hydrogen-bond acceptors (Lipinski definition) is 6. The Morgan fingerprint density at radius 1 is 1.21 bits per heavy atom. The number of nitrogens with zero attached hydrogens (tertiary/aromatic N) is 4. The minimum Gasteiger partial charge on any atom is -0.481 e. The Labute approximate surface area is 159 Å². The summed E-state index contributed by atoms with van der Waals surface area (Å²) in [6, 6.07) is 8.03. The molecule has 8 heteroatoms. The average molecular weight is 378 g/mol. The molecule has 4 heterocycles. The smallest absolute Gasteiger partial charge is 0.213 e. The largest absolute Gasteiger partial charge is 0.481 e. The number of fused-ring (bicyclic) bond motifs is 1. The first-order valence-electron chi connectivity index (χ1n) is 8.40. The van der Waals surface area contributed by atoms with Crippen LogP contribution in [0.15, 0.2) is 61.3 Å². The zero-order valence-corrected chi connectivity index (χ0v) is 14.9. The van der Waals surface area contributed by atoms with Crippen LogP contribution in [0.1, 0.15) is 16.1 Å². The Morgan fingerprint density at radius 2 is 2.11 bits per heavy atom. The van der Waals surface area contributed by atoms with E-state index in [1.165, 1.54) is 19.4 Å². The number of aromatic nitrogens is 4. The number of pyridine rings is 3. The molecule has 140 valence electrons. The second-order valence-corrected chi connectivity index (χ2v) is 5.96. The van der Waals surface area contributed by atoms with Crippen molar-refractivity contribution < 1.29 is 18.7 Å². The van der Waals surface area contributed by atoms with Crippen molar-refractivity contribution in [3.05, 3.63) is 78.4 Å². The van der Waals surface area contributed by atoms with Gasteiger partial charge in [0.2, 0.25) is 5.88 Å². The van der Waals surface area contributed by atoms with Crippen LogP contribution in [0.3, 0.4) is 0 Å². The first-order chi connectivity index (χ1) is 13.6. The van der Waals surface area contributed by atoms with Gasteiger partial charge >= 0.3 is 0 Å². The Balaban J connectivity index is 1.67. The molecule has 28 heavy (non-hydrogen) atoms. The standard InChI is InChI=1S/C20H15FN4O3/c1-27-19-4-2-3-14(24-19)8-18(26)17-9-16(12-25-6-5-23-20(17)25)28-15-7-13(21)10-22-11-15/h2-7,9-12H,8H2,1H3. The molecule has 0 fully saturated rings. The Kier molecular flexibility index (Phi) is 4.67. The molecule has 0 radical (unpaired) electrons. The van der Waals surface area contributed by atoms with Crippen molar-refractivity contribution in [3.8, 4) is 17.4 Å². The van der Waals surface area contributed by atoms with Crippen molar-refractivity contribution in [2.24, 2.45) is 0 Å². The lowest BCUT2D eigenvalue weighted by Crippen LogP contribution is -2.08. The van der Waals surface area contributed by atoms with E-state index in [1.807, 2.05) is 0 Å². The first kappa shape index (κ1) is 17.6. The van der Waals surface area contributed by atoms with Gasteiger partial charge in [0.05, 0.1) is 43.4 Å². The lowest BCUT2D eigenvalue weighted by Gasteiger charge is -2.09. The maximum Gasteiger partial charge on any atom is 0.213 e. The SMILES string of the molecule is COc1cccc(CC(=O)c2cc(Oc3cncc(F)c3)cn3ccnc23)n1. The number of halogens is 1. The number of hydrogen-bond donors (Lipinski definition) is 0. The van der Waals surface area contributed by atoms with E-state index < -0.39 is 5.82 Å². The van der Waals surface area contributed by atoms with Gasteiger partial charge in [0, 0.05) is 24.5 Å². The van der Waals surface area contributed by atoms with E-state index in [-0.39, 0.29) is 18.0 Å². The van der Waals surface area contributed by atoms with E-state index in [0.29, 0.717) is 28.5 Å². The topological polar surface area (TPSA) is 78.6 Å². The minimum absolute atomic E-state index is 0.0741. The maximum absolute atomic E-state index is 13.4. The number of carbonyl (C=O) groups is 1. The molecule has 0 saturated carbocycles. The van der Waals surface area contributed by atoms with Gasteiger partial charge in [-0.3, -0.25) is 9.78 Å². The summed E-state index contributed by atoms with van der Waals surface area (Å²) in [7, 11) is 1.52. The molecule has 0 unspecified atom stereocenters. The third-order valence-electron chi connectivity index (χ3n) is 4.01. The van der Waals surface area contributed by atoms with Crippen LogP contribution in [0.2, 0.25) is 0 Å². The molecule has 4 rings (SSSR count). The van der Waals surface area contributed by atoms with Gasteiger partial charge in [-0.25, -0.2) is 14.4 Å². The fourth-order valence-electron chi connectivity index (χ4n) is 2.78. The van der Waals surface area contributed by atoms with E-state index in [1.54, 1.807) is 47.3 Å². The highest BCUT2D eigenvalue weighted by atomic mass is 19.1. The fourth-order valence-corrected chi connectivity index (χ4v) is 2.78. The second kappa shape index (κ2) is 7.43. The van der Waals surface area contributed by atoms with Crippen molar-refractivity contribution in [2.45, 2.75) is 6.42 Å². The molecule has 7 nitrogen and oxygen atoms in total. The van der Waals surface area contributed by atoms with Crippen molar-refractivity contribution in [2.75, 3.05) is 7.11 Å². The van der Waals surface area contributed by atoms with E-state index in [9.17, 15) is 9.18 Å². The molecule has 4 aromatic heterocycles. The molecule has 0 N–H and O–H groups in total. The minimum atomic E-state index is -0.512. The molecule has 0 atom stereocenters. The molecule has 0 aliphatic carbocycles.